The Labute approximate surface area is 157 Å². The molecule has 0 aliphatic carbocycles. The number of aromatic nitrogens is 4. The maximum Gasteiger partial charge on any atom is 0.243 e. The molecule has 7 heteroatoms. The van der Waals surface area contributed by atoms with Gasteiger partial charge in [0.25, 0.3) is 0 Å². The highest BCUT2D eigenvalue weighted by Crippen LogP contribution is 2.18. The number of rotatable bonds is 8. The first-order valence-electron chi connectivity index (χ1n) is 8.51. The normalized spacial score (nSPS) is 10.7. The minimum Gasteiger partial charge on any atom is -0.354 e. The smallest absolute Gasteiger partial charge is 0.243 e. The van der Waals surface area contributed by atoms with Crippen molar-refractivity contribution >= 4 is 17.7 Å². The third-order valence-corrected chi connectivity index (χ3v) is 4.88. The van der Waals surface area contributed by atoms with Gasteiger partial charge in [-0.3, -0.25) is 4.79 Å². The molecule has 1 N–H and O–H groups in total. The van der Waals surface area contributed by atoms with Gasteiger partial charge in [0.2, 0.25) is 11.7 Å². The molecule has 1 amide bonds. The number of hydrogen-bond donors (Lipinski definition) is 1. The van der Waals surface area contributed by atoms with E-state index < -0.39 is 0 Å². The van der Waals surface area contributed by atoms with Gasteiger partial charge in [-0.15, -0.1) is 22.0 Å². The van der Waals surface area contributed by atoms with Crippen molar-refractivity contribution in [2.24, 2.45) is 0 Å². The van der Waals surface area contributed by atoms with Gasteiger partial charge in [0, 0.05) is 17.0 Å². The highest BCUT2D eigenvalue weighted by atomic mass is 32.2. The number of tetrazole rings is 1. The lowest BCUT2D eigenvalue weighted by Crippen LogP contribution is -2.29. The van der Waals surface area contributed by atoms with E-state index in [4.69, 9.17) is 0 Å². The van der Waals surface area contributed by atoms with Crippen LogP contribution < -0.4 is 5.32 Å². The zero-order chi connectivity index (χ0) is 18.2. The molecule has 0 fully saturated rings. The van der Waals surface area contributed by atoms with Crippen molar-refractivity contribution in [3.05, 3.63) is 60.2 Å². The topological polar surface area (TPSA) is 72.7 Å². The van der Waals surface area contributed by atoms with Crippen LogP contribution in [-0.2, 0) is 11.3 Å². The fraction of sp³-hybridized carbons (Fsp3) is 0.263. The van der Waals surface area contributed by atoms with E-state index in [1.165, 1.54) is 9.69 Å². The Morgan fingerprint density at radius 2 is 1.88 bits per heavy atom. The molecule has 26 heavy (non-hydrogen) atoms. The summed E-state index contributed by atoms with van der Waals surface area (Å²) in [6.07, 6.45) is 0.907. The van der Waals surface area contributed by atoms with Crippen LogP contribution in [0.3, 0.4) is 0 Å². The molecule has 3 aromatic rings. The average molecular weight is 367 g/mol. The summed E-state index contributed by atoms with van der Waals surface area (Å²) in [6.45, 7) is 2.71. The quantitative estimate of drug-likeness (QED) is 0.489. The van der Waals surface area contributed by atoms with E-state index in [0.717, 1.165) is 23.3 Å². The minimum atomic E-state index is -0.108. The van der Waals surface area contributed by atoms with Gasteiger partial charge in [0.15, 0.2) is 0 Å². The first-order valence-corrected chi connectivity index (χ1v) is 9.49. The second kappa shape index (κ2) is 9.15. The molecule has 0 aliphatic rings. The summed E-state index contributed by atoms with van der Waals surface area (Å²) in [5.41, 5.74) is 2.00. The molecule has 0 unspecified atom stereocenters. The lowest BCUT2D eigenvalue weighted by molar-refractivity contribution is -0.122. The molecule has 1 heterocycles. The lowest BCUT2D eigenvalue weighted by atomic mass is 10.1. The van der Waals surface area contributed by atoms with Crippen molar-refractivity contribution in [1.82, 2.24) is 25.5 Å². The Bertz CT molecular complexity index is 850. The molecule has 3 rings (SSSR count). The fourth-order valence-electron chi connectivity index (χ4n) is 2.43. The summed E-state index contributed by atoms with van der Waals surface area (Å²) in [5.74, 6) is 1.39. The standard InChI is InChI=1S/C19H21N5OS/c1-15-8-5-6-11-17(15)19-21-23-24(22-19)14-18(25)20-12-7-13-26-16-9-3-2-4-10-16/h2-6,8-11H,7,12-14H2,1H3,(H,20,25). The van der Waals surface area contributed by atoms with Gasteiger partial charge >= 0.3 is 0 Å². The van der Waals surface area contributed by atoms with Crippen molar-refractivity contribution in [2.45, 2.75) is 24.8 Å². The minimum absolute atomic E-state index is 0.0741. The van der Waals surface area contributed by atoms with Crippen molar-refractivity contribution < 1.29 is 4.79 Å². The third kappa shape index (κ3) is 5.16. The van der Waals surface area contributed by atoms with E-state index in [9.17, 15) is 4.79 Å². The summed E-state index contributed by atoms with van der Waals surface area (Å²) >= 11 is 1.79. The van der Waals surface area contributed by atoms with Crippen molar-refractivity contribution in [1.29, 1.82) is 0 Å². The van der Waals surface area contributed by atoms with Gasteiger partial charge < -0.3 is 5.32 Å². The molecule has 0 aliphatic heterocycles. The Hall–Kier alpha value is -2.67. The summed E-state index contributed by atoms with van der Waals surface area (Å²) in [7, 11) is 0. The molecular formula is C19H21N5OS. The van der Waals surface area contributed by atoms with Crippen LogP contribution in [0.4, 0.5) is 0 Å². The molecule has 0 saturated heterocycles. The maximum atomic E-state index is 12.0. The monoisotopic (exact) mass is 367 g/mol. The molecule has 0 atom stereocenters. The van der Waals surface area contributed by atoms with Crippen molar-refractivity contribution in [3.63, 3.8) is 0 Å². The molecule has 1 aromatic heterocycles. The molecular weight excluding hydrogens is 346 g/mol. The number of nitrogens with one attached hydrogen (secondary N) is 1. The first kappa shape index (κ1) is 18.1. The van der Waals surface area contributed by atoms with Crippen LogP contribution in [0.5, 0.6) is 0 Å². The Morgan fingerprint density at radius 1 is 1.12 bits per heavy atom. The largest absolute Gasteiger partial charge is 0.354 e. The molecule has 134 valence electrons. The van der Waals surface area contributed by atoms with Gasteiger partial charge in [0.1, 0.15) is 6.54 Å². The Morgan fingerprint density at radius 3 is 2.69 bits per heavy atom. The number of aryl methyl sites for hydroxylation is 1. The second-order valence-electron chi connectivity index (χ2n) is 5.82. The van der Waals surface area contributed by atoms with Crippen LogP contribution in [-0.4, -0.2) is 38.4 Å². The van der Waals surface area contributed by atoms with E-state index in [-0.39, 0.29) is 12.5 Å². The maximum absolute atomic E-state index is 12.0. The SMILES string of the molecule is Cc1ccccc1-c1nnn(CC(=O)NCCCSc2ccccc2)n1. The molecule has 6 nitrogen and oxygen atoms in total. The number of thioether (sulfide) groups is 1. The summed E-state index contributed by atoms with van der Waals surface area (Å²) < 4.78 is 0. The van der Waals surface area contributed by atoms with E-state index in [0.29, 0.717) is 12.4 Å². The van der Waals surface area contributed by atoms with E-state index >= 15 is 0 Å². The number of hydrogen-bond acceptors (Lipinski definition) is 5. The molecule has 2 aromatic carbocycles. The van der Waals surface area contributed by atoms with Crippen LogP contribution in [0.2, 0.25) is 0 Å². The van der Waals surface area contributed by atoms with E-state index in [1.54, 1.807) is 11.8 Å². The lowest BCUT2D eigenvalue weighted by Gasteiger charge is -2.04. The van der Waals surface area contributed by atoms with Crippen LogP contribution in [0.1, 0.15) is 12.0 Å². The highest BCUT2D eigenvalue weighted by Gasteiger charge is 2.10. The first-order chi connectivity index (χ1) is 12.7. The Balaban J connectivity index is 1.41. The average Bonchev–Trinajstić information content (AvgIpc) is 3.11. The van der Waals surface area contributed by atoms with E-state index in [1.807, 2.05) is 49.4 Å². The van der Waals surface area contributed by atoms with Crippen LogP contribution >= 0.6 is 11.8 Å². The van der Waals surface area contributed by atoms with Crippen LogP contribution in [0, 0.1) is 6.92 Å². The number of benzene rings is 2. The number of carbonyl (C=O) groups excluding carboxylic acids is 1. The van der Waals surface area contributed by atoms with E-state index in [2.05, 4.69) is 32.9 Å². The van der Waals surface area contributed by atoms with Gasteiger partial charge in [-0.25, -0.2) is 0 Å². The Kier molecular flexibility index (Phi) is 6.38. The van der Waals surface area contributed by atoms with Crippen molar-refractivity contribution in [3.8, 4) is 11.4 Å². The number of amides is 1. The summed E-state index contributed by atoms with van der Waals surface area (Å²) in [6, 6.07) is 18.1. The number of nitrogens with zero attached hydrogens (tertiary/aromatic N) is 4. The third-order valence-electron chi connectivity index (χ3n) is 3.78. The molecule has 0 spiro atoms. The molecule has 0 saturated carbocycles. The molecule has 0 bridgehead atoms. The van der Waals surface area contributed by atoms with Gasteiger partial charge in [-0.2, -0.15) is 4.80 Å². The zero-order valence-corrected chi connectivity index (χ0v) is 15.4. The van der Waals surface area contributed by atoms with Gasteiger partial charge in [-0.1, -0.05) is 42.5 Å². The highest BCUT2D eigenvalue weighted by molar-refractivity contribution is 7.99. The van der Waals surface area contributed by atoms with Gasteiger partial charge in [-0.05, 0) is 42.0 Å². The molecule has 0 radical (unpaired) electrons. The van der Waals surface area contributed by atoms with Gasteiger partial charge in [0.05, 0.1) is 0 Å². The second-order valence-corrected chi connectivity index (χ2v) is 6.99. The van der Waals surface area contributed by atoms with Crippen LogP contribution in [0.15, 0.2) is 59.5 Å². The zero-order valence-electron chi connectivity index (χ0n) is 14.6. The summed E-state index contributed by atoms with van der Waals surface area (Å²) in [4.78, 5) is 14.6. The predicted octanol–water partition coefficient (Wildman–Crippen LogP) is 2.95. The predicted molar refractivity (Wildman–Crippen MR) is 103 cm³/mol. The van der Waals surface area contributed by atoms with Crippen LogP contribution in [0.25, 0.3) is 11.4 Å². The number of carbonyl (C=O) groups is 1. The fourth-order valence-corrected chi connectivity index (χ4v) is 3.31. The summed E-state index contributed by atoms with van der Waals surface area (Å²) in [5, 5.41) is 15.2. The van der Waals surface area contributed by atoms with Crippen molar-refractivity contribution in [2.75, 3.05) is 12.3 Å².